The molecule has 6 heteroatoms. The minimum atomic E-state index is -0.957. The first kappa shape index (κ1) is 12.4. The van der Waals surface area contributed by atoms with Crippen molar-refractivity contribution in [3.05, 3.63) is 18.2 Å². The first-order chi connectivity index (χ1) is 7.63. The molecule has 0 radical (unpaired) electrons. The van der Waals surface area contributed by atoms with Crippen molar-refractivity contribution in [3.8, 4) is 0 Å². The molecule has 1 rings (SSSR count). The maximum Gasteiger partial charge on any atom is 0.326 e. The van der Waals surface area contributed by atoms with Crippen molar-refractivity contribution in [2.45, 2.75) is 32.2 Å². The van der Waals surface area contributed by atoms with Crippen LogP contribution in [0.25, 0.3) is 0 Å². The highest BCUT2D eigenvalue weighted by Crippen LogP contribution is 2.07. The molecule has 0 saturated heterocycles. The number of aromatic nitrogens is 2. The summed E-state index contributed by atoms with van der Waals surface area (Å²) in [5.74, 6) is -1.38. The Bertz CT molecular complexity index is 342. The number of nitrogens with zero attached hydrogens (tertiary/aromatic N) is 2. The number of carbonyl (C=O) groups is 1. The molecule has 2 N–H and O–H groups in total. The van der Waals surface area contributed by atoms with Crippen LogP contribution in [0.3, 0.4) is 0 Å². The van der Waals surface area contributed by atoms with E-state index in [1.54, 1.807) is 0 Å². The van der Waals surface area contributed by atoms with Crippen LogP contribution in [-0.4, -0.2) is 27.1 Å². The first-order valence-electron chi connectivity index (χ1n) is 5.10. The van der Waals surface area contributed by atoms with Crippen LogP contribution in [0.1, 0.15) is 26.2 Å². The molecule has 0 aliphatic carbocycles. The number of hydrogen-bond donors (Lipinski definition) is 2. The summed E-state index contributed by atoms with van der Waals surface area (Å²) in [6.45, 7) is 1.98. The summed E-state index contributed by atoms with van der Waals surface area (Å²) in [5.41, 5.74) is 0. The van der Waals surface area contributed by atoms with Crippen LogP contribution in [0.4, 0.5) is 10.3 Å². The lowest BCUT2D eigenvalue weighted by atomic mass is 10.1. The van der Waals surface area contributed by atoms with Gasteiger partial charge >= 0.3 is 5.97 Å². The number of aliphatic carboxylic acids is 1. The summed E-state index contributed by atoms with van der Waals surface area (Å²) < 4.78 is 12.5. The number of halogens is 1. The fraction of sp³-hybridized carbons (Fsp3) is 0.500. The van der Waals surface area contributed by atoms with E-state index in [9.17, 15) is 9.18 Å². The number of hydrogen-bond acceptors (Lipinski definition) is 4. The number of unbranched alkanes of at least 4 members (excludes halogenated alkanes) is 1. The Morgan fingerprint density at radius 1 is 1.56 bits per heavy atom. The van der Waals surface area contributed by atoms with Gasteiger partial charge < -0.3 is 10.4 Å². The summed E-state index contributed by atoms with van der Waals surface area (Å²) in [6.07, 6.45) is 4.19. The maximum absolute atomic E-state index is 12.5. The first-order valence-corrected chi connectivity index (χ1v) is 5.10. The van der Waals surface area contributed by atoms with Crippen LogP contribution < -0.4 is 5.32 Å². The standard InChI is InChI=1S/C10H14FN3O2/c1-2-3-4-8(9(15)16)14-10-12-5-7(11)6-13-10/h5-6,8H,2-4H2,1H3,(H,15,16)(H,12,13,14)/t8-/m0/s1. The smallest absolute Gasteiger partial charge is 0.326 e. The van der Waals surface area contributed by atoms with E-state index in [-0.39, 0.29) is 5.95 Å². The number of carboxylic acids is 1. The van der Waals surface area contributed by atoms with Crippen LogP contribution in [0.5, 0.6) is 0 Å². The zero-order valence-electron chi connectivity index (χ0n) is 8.98. The van der Waals surface area contributed by atoms with Gasteiger partial charge in [0.15, 0.2) is 5.82 Å². The van der Waals surface area contributed by atoms with Crippen molar-refractivity contribution in [2.24, 2.45) is 0 Å². The predicted molar refractivity (Wildman–Crippen MR) is 56.6 cm³/mol. The molecule has 1 atom stereocenters. The lowest BCUT2D eigenvalue weighted by Gasteiger charge is -2.13. The summed E-state index contributed by atoms with van der Waals surface area (Å²) in [5, 5.41) is 11.6. The van der Waals surface area contributed by atoms with E-state index in [2.05, 4.69) is 15.3 Å². The van der Waals surface area contributed by atoms with Crippen molar-refractivity contribution in [3.63, 3.8) is 0 Å². The maximum atomic E-state index is 12.5. The van der Waals surface area contributed by atoms with Crippen molar-refractivity contribution < 1.29 is 14.3 Å². The van der Waals surface area contributed by atoms with Crippen LogP contribution >= 0.6 is 0 Å². The van der Waals surface area contributed by atoms with Crippen LogP contribution in [0, 0.1) is 5.82 Å². The zero-order valence-corrected chi connectivity index (χ0v) is 8.98. The minimum Gasteiger partial charge on any atom is -0.480 e. The quantitative estimate of drug-likeness (QED) is 0.773. The molecule has 0 aromatic carbocycles. The predicted octanol–water partition coefficient (Wildman–Crippen LogP) is 1.67. The highest BCUT2D eigenvalue weighted by atomic mass is 19.1. The third-order valence-electron chi connectivity index (χ3n) is 2.07. The number of carboxylic acid groups (broad SMARTS) is 1. The Morgan fingerprint density at radius 2 is 2.19 bits per heavy atom. The second-order valence-electron chi connectivity index (χ2n) is 3.40. The second-order valence-corrected chi connectivity index (χ2v) is 3.40. The van der Waals surface area contributed by atoms with E-state index in [4.69, 9.17) is 5.11 Å². The van der Waals surface area contributed by atoms with Gasteiger partial charge in [-0.15, -0.1) is 0 Å². The average molecular weight is 227 g/mol. The Balaban J connectivity index is 2.60. The van der Waals surface area contributed by atoms with E-state index < -0.39 is 17.8 Å². The highest BCUT2D eigenvalue weighted by molar-refractivity contribution is 5.76. The molecule has 0 aliphatic heterocycles. The molecule has 0 amide bonds. The van der Waals surface area contributed by atoms with Crippen molar-refractivity contribution >= 4 is 11.9 Å². The molecule has 0 spiro atoms. The van der Waals surface area contributed by atoms with Crippen LogP contribution in [0.15, 0.2) is 12.4 Å². The lowest BCUT2D eigenvalue weighted by molar-refractivity contribution is -0.138. The van der Waals surface area contributed by atoms with Gasteiger partial charge in [-0.1, -0.05) is 19.8 Å². The van der Waals surface area contributed by atoms with Crippen molar-refractivity contribution in [1.29, 1.82) is 0 Å². The Kier molecular flexibility index (Phi) is 4.63. The van der Waals surface area contributed by atoms with E-state index in [1.807, 2.05) is 6.92 Å². The summed E-state index contributed by atoms with van der Waals surface area (Å²) in [6, 6.07) is -0.731. The largest absolute Gasteiger partial charge is 0.480 e. The monoisotopic (exact) mass is 227 g/mol. The molecule has 0 unspecified atom stereocenters. The molecule has 16 heavy (non-hydrogen) atoms. The van der Waals surface area contributed by atoms with Crippen LogP contribution in [0.2, 0.25) is 0 Å². The summed E-state index contributed by atoms with van der Waals surface area (Å²) in [7, 11) is 0. The van der Waals surface area contributed by atoms with Gasteiger partial charge in [0.1, 0.15) is 6.04 Å². The lowest BCUT2D eigenvalue weighted by Crippen LogP contribution is -2.30. The molecule has 0 bridgehead atoms. The molecule has 1 aromatic heterocycles. The molecule has 0 saturated carbocycles. The molecular formula is C10H14FN3O2. The average Bonchev–Trinajstić information content (AvgIpc) is 2.26. The van der Waals surface area contributed by atoms with Gasteiger partial charge in [0.05, 0.1) is 12.4 Å². The SMILES string of the molecule is CCCC[C@H](Nc1ncc(F)cn1)C(=O)O. The van der Waals surface area contributed by atoms with Crippen LogP contribution in [-0.2, 0) is 4.79 Å². The van der Waals surface area contributed by atoms with Gasteiger partial charge in [-0.05, 0) is 6.42 Å². The zero-order chi connectivity index (χ0) is 12.0. The number of anilines is 1. The second kappa shape index (κ2) is 5.99. The molecule has 5 nitrogen and oxygen atoms in total. The van der Waals surface area contributed by atoms with E-state index in [1.165, 1.54) is 0 Å². The van der Waals surface area contributed by atoms with Gasteiger partial charge in [-0.25, -0.2) is 19.2 Å². The number of rotatable bonds is 6. The Labute approximate surface area is 92.7 Å². The minimum absolute atomic E-state index is 0.130. The molecule has 88 valence electrons. The van der Waals surface area contributed by atoms with Crippen molar-refractivity contribution in [2.75, 3.05) is 5.32 Å². The van der Waals surface area contributed by atoms with E-state index >= 15 is 0 Å². The number of nitrogens with one attached hydrogen (secondary N) is 1. The summed E-state index contributed by atoms with van der Waals surface area (Å²) >= 11 is 0. The van der Waals surface area contributed by atoms with Gasteiger partial charge in [0, 0.05) is 0 Å². The molecule has 1 aromatic rings. The third kappa shape index (κ3) is 3.80. The van der Waals surface area contributed by atoms with Gasteiger partial charge in [-0.3, -0.25) is 0 Å². The van der Waals surface area contributed by atoms with Crippen molar-refractivity contribution in [1.82, 2.24) is 9.97 Å². The fourth-order valence-corrected chi connectivity index (χ4v) is 1.21. The fourth-order valence-electron chi connectivity index (χ4n) is 1.21. The normalized spacial score (nSPS) is 12.1. The van der Waals surface area contributed by atoms with Gasteiger partial charge in [0.25, 0.3) is 0 Å². The molecule has 1 heterocycles. The molecule has 0 fully saturated rings. The molecular weight excluding hydrogens is 213 g/mol. The molecule has 0 aliphatic rings. The van der Waals surface area contributed by atoms with E-state index in [0.29, 0.717) is 6.42 Å². The Morgan fingerprint density at radius 3 is 2.69 bits per heavy atom. The highest BCUT2D eigenvalue weighted by Gasteiger charge is 2.17. The summed E-state index contributed by atoms with van der Waals surface area (Å²) in [4.78, 5) is 18.2. The topological polar surface area (TPSA) is 75.1 Å². The van der Waals surface area contributed by atoms with E-state index in [0.717, 1.165) is 25.2 Å². The van der Waals surface area contributed by atoms with Gasteiger partial charge in [-0.2, -0.15) is 0 Å². The van der Waals surface area contributed by atoms with Gasteiger partial charge in [0.2, 0.25) is 5.95 Å². The third-order valence-corrected chi connectivity index (χ3v) is 2.07. The Hall–Kier alpha value is -1.72.